The summed E-state index contributed by atoms with van der Waals surface area (Å²) < 4.78 is 0. The molecule has 0 bridgehead atoms. The van der Waals surface area contributed by atoms with Crippen LogP contribution in [-0.2, 0) is 24.0 Å². The molecule has 2 fully saturated rings. The number of benzene rings is 1. The Hall–Kier alpha value is -3.61. The summed E-state index contributed by atoms with van der Waals surface area (Å²) in [6.07, 6.45) is 0. The van der Waals surface area contributed by atoms with Crippen LogP contribution in [0.3, 0.4) is 0 Å². The maximum absolute atomic E-state index is 13.2. The number of hydrogen-bond donors (Lipinski definition) is 4. The molecule has 13 heteroatoms. The Morgan fingerprint density at radius 1 is 1.11 bits per heavy atom. The van der Waals surface area contributed by atoms with Crippen LogP contribution in [0.2, 0.25) is 0 Å². The van der Waals surface area contributed by atoms with Crippen molar-refractivity contribution in [1.29, 1.82) is 0 Å². The summed E-state index contributed by atoms with van der Waals surface area (Å²) in [5.41, 5.74) is 0.443. The van der Waals surface area contributed by atoms with Gasteiger partial charge in [0, 0.05) is 38.9 Å². The predicted octanol–water partition coefficient (Wildman–Crippen LogP) is -1.06. The van der Waals surface area contributed by atoms with Gasteiger partial charge in [-0.15, -0.1) is 11.8 Å². The quantitative estimate of drug-likeness (QED) is 0.190. The molecule has 1 aromatic carbocycles. The zero-order chi connectivity index (χ0) is 25.5. The van der Waals surface area contributed by atoms with Gasteiger partial charge in [0.25, 0.3) is 0 Å². The van der Waals surface area contributed by atoms with Crippen molar-refractivity contribution in [3.8, 4) is 0 Å². The maximum atomic E-state index is 13.2. The van der Waals surface area contributed by atoms with E-state index in [0.29, 0.717) is 24.4 Å². The van der Waals surface area contributed by atoms with Gasteiger partial charge >= 0.3 is 17.8 Å². The third-order valence-corrected chi connectivity index (χ3v) is 6.73. The van der Waals surface area contributed by atoms with Gasteiger partial charge in [-0.1, -0.05) is 30.3 Å². The van der Waals surface area contributed by atoms with Gasteiger partial charge in [0.1, 0.15) is 17.5 Å². The average molecular weight is 505 g/mol. The molecule has 2 aliphatic heterocycles. The van der Waals surface area contributed by atoms with E-state index < -0.39 is 41.2 Å². The largest absolute Gasteiger partial charge is 0.356 e. The van der Waals surface area contributed by atoms with Crippen molar-refractivity contribution in [2.45, 2.75) is 31.3 Å². The van der Waals surface area contributed by atoms with Gasteiger partial charge in [0.05, 0.1) is 0 Å². The number of piperazine rings is 1. The number of nitrogens with zero attached hydrogens (tertiary/aromatic N) is 2. The Balaban J connectivity index is 1.67. The van der Waals surface area contributed by atoms with Crippen LogP contribution in [0.1, 0.15) is 25.5 Å². The first-order valence-corrected chi connectivity index (χ1v) is 12.2. The number of likely N-dealkylation sites (N-methyl/N-ethyl adjacent to an activating group) is 1. The highest BCUT2D eigenvalue weighted by Crippen LogP contribution is 2.21. The lowest BCUT2D eigenvalue weighted by atomic mass is 10.0. The van der Waals surface area contributed by atoms with Crippen molar-refractivity contribution >= 4 is 47.3 Å². The number of β-lactam (4-membered cyclic amide) rings is 1. The molecule has 2 saturated heterocycles. The third kappa shape index (κ3) is 6.29. The molecule has 0 spiro atoms. The highest BCUT2D eigenvalue weighted by atomic mass is 32.2. The van der Waals surface area contributed by atoms with Crippen LogP contribution in [0.5, 0.6) is 0 Å². The van der Waals surface area contributed by atoms with Gasteiger partial charge in [-0.2, -0.15) is 0 Å². The van der Waals surface area contributed by atoms with Crippen LogP contribution in [0.15, 0.2) is 30.3 Å². The smallest absolute Gasteiger partial charge is 0.325 e. The van der Waals surface area contributed by atoms with Gasteiger partial charge in [-0.3, -0.25) is 28.9 Å². The second kappa shape index (κ2) is 11.7. The molecule has 0 radical (unpaired) electrons. The van der Waals surface area contributed by atoms with Crippen molar-refractivity contribution in [3.63, 3.8) is 0 Å². The third-order valence-electron chi connectivity index (χ3n) is 5.54. The van der Waals surface area contributed by atoms with Crippen molar-refractivity contribution < 1.29 is 28.8 Å². The highest BCUT2D eigenvalue weighted by Gasteiger charge is 2.42. The molecule has 0 saturated carbocycles. The van der Waals surface area contributed by atoms with Crippen LogP contribution in [0, 0.1) is 0 Å². The van der Waals surface area contributed by atoms with Crippen LogP contribution in [0.4, 0.5) is 4.79 Å². The second-order valence-electron chi connectivity index (χ2n) is 7.90. The molecule has 7 amide bonds. The maximum Gasteiger partial charge on any atom is 0.325 e. The van der Waals surface area contributed by atoms with Gasteiger partial charge in [-0.25, -0.2) is 4.79 Å². The number of nitrogens with one attached hydrogen (secondary N) is 4. The van der Waals surface area contributed by atoms with E-state index in [1.165, 1.54) is 23.6 Å². The molecule has 3 rings (SSSR count). The van der Waals surface area contributed by atoms with Gasteiger partial charge in [0.2, 0.25) is 17.7 Å². The number of carbonyl (C=O) groups is 6. The molecule has 0 aliphatic carbocycles. The van der Waals surface area contributed by atoms with E-state index in [1.807, 2.05) is 0 Å². The Morgan fingerprint density at radius 3 is 2.46 bits per heavy atom. The first-order valence-electron chi connectivity index (χ1n) is 11.2. The topological polar surface area (TPSA) is 157 Å². The monoisotopic (exact) mass is 504 g/mol. The highest BCUT2D eigenvalue weighted by molar-refractivity contribution is 8.00. The number of imide groups is 1. The normalized spacial score (nSPS) is 20.5. The molecule has 2 aliphatic rings. The molecule has 4 N–H and O–H groups in total. The first kappa shape index (κ1) is 26.0. The fourth-order valence-electron chi connectivity index (χ4n) is 3.60. The number of urea groups is 1. The fraction of sp³-hybridized carbons (Fsp3) is 0.455. The molecular formula is C22H28N6O6S. The zero-order valence-electron chi connectivity index (χ0n) is 19.4. The van der Waals surface area contributed by atoms with E-state index in [4.69, 9.17) is 0 Å². The van der Waals surface area contributed by atoms with E-state index >= 15 is 0 Å². The minimum atomic E-state index is -1.20. The second-order valence-corrected chi connectivity index (χ2v) is 9.15. The molecule has 1 aromatic rings. The molecule has 0 aromatic heterocycles. The van der Waals surface area contributed by atoms with Gasteiger partial charge in [0.15, 0.2) is 0 Å². The standard InChI is InChI=1S/C22H28N6O6S/c1-3-27-10-11-28(21(33)20(27)32)22(34)25-15(14-7-5-4-6-8-14)17(30)24-16-18(31)26-19(16)35-12-9-23-13(2)29/h4-8,15-16,19H,3,9-12H2,1-2H3,(H,23,29)(H,24,30)(H,25,34)(H,26,31). The number of amides is 7. The molecule has 35 heavy (non-hydrogen) atoms. The Kier molecular flexibility index (Phi) is 8.68. The minimum Gasteiger partial charge on any atom is -0.356 e. The average Bonchev–Trinajstić information content (AvgIpc) is 2.84. The summed E-state index contributed by atoms with van der Waals surface area (Å²) in [5, 5.41) is 10.1. The van der Waals surface area contributed by atoms with Crippen molar-refractivity contribution in [1.82, 2.24) is 31.1 Å². The number of hydrogen-bond acceptors (Lipinski definition) is 7. The number of carbonyl (C=O) groups excluding carboxylic acids is 6. The van der Waals surface area contributed by atoms with Crippen LogP contribution >= 0.6 is 11.8 Å². The van der Waals surface area contributed by atoms with Crippen molar-refractivity contribution in [2.24, 2.45) is 0 Å². The molecule has 2 heterocycles. The minimum absolute atomic E-state index is 0.00538. The molecule has 12 nitrogen and oxygen atoms in total. The van der Waals surface area contributed by atoms with Crippen LogP contribution in [0.25, 0.3) is 0 Å². The molecule has 3 atom stereocenters. The molecule has 188 valence electrons. The molecular weight excluding hydrogens is 476 g/mol. The van der Waals surface area contributed by atoms with E-state index in [2.05, 4.69) is 21.3 Å². The summed E-state index contributed by atoms with van der Waals surface area (Å²) in [6.45, 7) is 4.11. The van der Waals surface area contributed by atoms with E-state index in [9.17, 15) is 28.8 Å². The lowest BCUT2D eigenvalue weighted by Crippen LogP contribution is -2.68. The lowest BCUT2D eigenvalue weighted by Gasteiger charge is -2.37. The summed E-state index contributed by atoms with van der Waals surface area (Å²) in [6, 6.07) is 5.48. The summed E-state index contributed by atoms with van der Waals surface area (Å²) in [4.78, 5) is 75.8. The Morgan fingerprint density at radius 2 is 1.83 bits per heavy atom. The molecule has 3 unspecified atom stereocenters. The van der Waals surface area contributed by atoms with Gasteiger partial charge < -0.3 is 26.2 Å². The van der Waals surface area contributed by atoms with Crippen LogP contribution < -0.4 is 21.3 Å². The summed E-state index contributed by atoms with van der Waals surface area (Å²) in [5.74, 6) is -2.38. The van der Waals surface area contributed by atoms with E-state index in [-0.39, 0.29) is 24.9 Å². The zero-order valence-corrected chi connectivity index (χ0v) is 20.2. The fourth-order valence-corrected chi connectivity index (χ4v) is 4.66. The van der Waals surface area contributed by atoms with E-state index in [0.717, 1.165) is 4.90 Å². The summed E-state index contributed by atoms with van der Waals surface area (Å²) >= 11 is 1.36. The van der Waals surface area contributed by atoms with E-state index in [1.54, 1.807) is 37.3 Å². The first-order chi connectivity index (χ1) is 16.7. The van der Waals surface area contributed by atoms with Crippen LogP contribution in [-0.4, -0.2) is 88.7 Å². The SMILES string of the molecule is CCN1CCN(C(=O)NC(C(=O)NC2C(=O)NC2SCCNC(C)=O)c2ccccc2)C(=O)C1=O. The number of rotatable bonds is 9. The lowest BCUT2D eigenvalue weighted by molar-refractivity contribution is -0.153. The van der Waals surface area contributed by atoms with Gasteiger partial charge in [-0.05, 0) is 12.5 Å². The number of thioether (sulfide) groups is 1. The Labute approximate surface area is 206 Å². The Bertz CT molecular complexity index is 1010. The summed E-state index contributed by atoms with van der Waals surface area (Å²) in [7, 11) is 0. The predicted molar refractivity (Wildman–Crippen MR) is 127 cm³/mol. The van der Waals surface area contributed by atoms with Crippen molar-refractivity contribution in [3.05, 3.63) is 35.9 Å². The van der Waals surface area contributed by atoms with Crippen molar-refractivity contribution in [2.75, 3.05) is 31.9 Å².